The summed E-state index contributed by atoms with van der Waals surface area (Å²) in [4.78, 5) is 42.6. The maximum Gasteiger partial charge on any atom is 0.254 e. The number of benzene rings is 2. The third kappa shape index (κ3) is 7.33. The number of rotatable bonds is 12. The molecule has 0 aliphatic carbocycles. The van der Waals surface area contributed by atoms with Crippen molar-refractivity contribution in [3.8, 4) is 16.9 Å². The lowest BCUT2D eigenvalue weighted by Gasteiger charge is -2.32. The SMILES string of the molecule is CN1CCN(C(=O)CCN2Cc3ccc(-c4ccc(OCCCCCCC(=O)NO)cc4)cc3C2=O)CC1. The maximum atomic E-state index is 13.1. The van der Waals surface area contributed by atoms with Gasteiger partial charge in [-0.05, 0) is 54.8 Å². The fourth-order valence-corrected chi connectivity index (χ4v) is 4.90. The average Bonchev–Trinajstić information content (AvgIpc) is 3.26. The minimum Gasteiger partial charge on any atom is -0.494 e. The number of hydrogen-bond donors (Lipinski definition) is 2. The highest BCUT2D eigenvalue weighted by atomic mass is 16.5. The molecule has 0 spiro atoms. The van der Waals surface area contributed by atoms with Crippen LogP contribution in [0, 0.1) is 0 Å². The summed E-state index contributed by atoms with van der Waals surface area (Å²) in [6, 6.07) is 13.9. The van der Waals surface area contributed by atoms with Gasteiger partial charge in [-0.15, -0.1) is 0 Å². The number of unbranched alkanes of at least 4 members (excludes halogenated alkanes) is 3. The van der Waals surface area contributed by atoms with Gasteiger partial charge in [0.1, 0.15) is 5.75 Å². The van der Waals surface area contributed by atoms with Crippen molar-refractivity contribution in [3.63, 3.8) is 0 Å². The van der Waals surface area contributed by atoms with Gasteiger partial charge in [0.25, 0.3) is 5.91 Å². The molecule has 4 rings (SSSR count). The summed E-state index contributed by atoms with van der Waals surface area (Å²) >= 11 is 0. The first-order valence-electron chi connectivity index (χ1n) is 13.5. The normalized spacial score (nSPS) is 15.5. The van der Waals surface area contributed by atoms with E-state index in [2.05, 4.69) is 11.9 Å². The minimum atomic E-state index is -0.348. The molecule has 2 N–H and O–H groups in total. The van der Waals surface area contributed by atoms with E-state index >= 15 is 0 Å². The fourth-order valence-electron chi connectivity index (χ4n) is 4.90. The van der Waals surface area contributed by atoms with Gasteiger partial charge in [0.2, 0.25) is 11.8 Å². The lowest BCUT2D eigenvalue weighted by atomic mass is 10.0. The molecule has 2 aromatic carbocycles. The first kappa shape index (κ1) is 27.6. The van der Waals surface area contributed by atoms with Crippen molar-refractivity contribution in [2.75, 3.05) is 46.4 Å². The zero-order valence-electron chi connectivity index (χ0n) is 22.2. The molecule has 2 aromatic rings. The molecule has 38 heavy (non-hydrogen) atoms. The van der Waals surface area contributed by atoms with Gasteiger partial charge in [-0.25, -0.2) is 5.48 Å². The molecule has 0 radical (unpaired) electrons. The molecule has 0 aromatic heterocycles. The molecular weight excluding hydrogens is 484 g/mol. The Morgan fingerprint density at radius 2 is 1.63 bits per heavy atom. The number of carbonyl (C=O) groups excluding carboxylic acids is 3. The molecule has 204 valence electrons. The Labute approximate surface area is 224 Å². The summed E-state index contributed by atoms with van der Waals surface area (Å²) in [7, 11) is 2.07. The van der Waals surface area contributed by atoms with Crippen LogP contribution < -0.4 is 10.2 Å². The van der Waals surface area contributed by atoms with E-state index in [1.165, 1.54) is 0 Å². The van der Waals surface area contributed by atoms with Crippen LogP contribution in [0.4, 0.5) is 0 Å². The van der Waals surface area contributed by atoms with Gasteiger partial charge < -0.3 is 19.4 Å². The topological polar surface area (TPSA) is 102 Å². The first-order chi connectivity index (χ1) is 18.4. The van der Waals surface area contributed by atoms with Gasteiger partial charge in [0.05, 0.1) is 6.61 Å². The highest BCUT2D eigenvalue weighted by molar-refractivity contribution is 5.99. The zero-order valence-corrected chi connectivity index (χ0v) is 22.2. The Kier molecular flexibility index (Phi) is 9.73. The molecule has 2 aliphatic rings. The molecule has 9 nitrogen and oxygen atoms in total. The maximum absolute atomic E-state index is 13.1. The van der Waals surface area contributed by atoms with E-state index in [0.29, 0.717) is 38.1 Å². The van der Waals surface area contributed by atoms with Gasteiger partial charge in [-0.2, -0.15) is 0 Å². The molecule has 9 heteroatoms. The van der Waals surface area contributed by atoms with E-state index in [1.807, 2.05) is 47.4 Å². The van der Waals surface area contributed by atoms with Crippen molar-refractivity contribution < 1.29 is 24.3 Å². The van der Waals surface area contributed by atoms with Crippen LogP contribution in [-0.4, -0.2) is 84.0 Å². The number of fused-ring (bicyclic) bond motifs is 1. The number of likely N-dealkylation sites (N-methyl/N-ethyl adjacent to an activating group) is 1. The van der Waals surface area contributed by atoms with E-state index in [4.69, 9.17) is 9.94 Å². The predicted molar refractivity (Wildman–Crippen MR) is 144 cm³/mol. The predicted octanol–water partition coefficient (Wildman–Crippen LogP) is 3.31. The highest BCUT2D eigenvalue weighted by Crippen LogP contribution is 2.29. The summed E-state index contributed by atoms with van der Waals surface area (Å²) in [5.74, 6) is 0.559. The van der Waals surface area contributed by atoms with Crippen LogP contribution >= 0.6 is 0 Å². The van der Waals surface area contributed by atoms with Crippen molar-refractivity contribution in [3.05, 3.63) is 53.6 Å². The van der Waals surface area contributed by atoms with Gasteiger partial charge in [-0.3, -0.25) is 19.6 Å². The summed E-state index contributed by atoms with van der Waals surface area (Å²) in [5.41, 5.74) is 5.35. The van der Waals surface area contributed by atoms with Crippen LogP contribution in [0.1, 0.15) is 54.4 Å². The van der Waals surface area contributed by atoms with E-state index in [1.54, 1.807) is 10.4 Å². The molecule has 0 unspecified atom stereocenters. The Morgan fingerprint density at radius 1 is 0.921 bits per heavy atom. The first-order valence-corrected chi connectivity index (χ1v) is 13.5. The molecule has 1 saturated heterocycles. The monoisotopic (exact) mass is 522 g/mol. The number of nitrogens with zero attached hydrogens (tertiary/aromatic N) is 3. The number of carbonyl (C=O) groups is 3. The second-order valence-corrected chi connectivity index (χ2v) is 10.1. The van der Waals surface area contributed by atoms with E-state index in [0.717, 1.165) is 74.3 Å². The van der Waals surface area contributed by atoms with Crippen LogP contribution in [0.5, 0.6) is 5.75 Å². The molecule has 2 aliphatic heterocycles. The van der Waals surface area contributed by atoms with E-state index in [9.17, 15) is 14.4 Å². The largest absolute Gasteiger partial charge is 0.494 e. The van der Waals surface area contributed by atoms with Gasteiger partial charge in [0, 0.05) is 57.7 Å². The Bertz CT molecular complexity index is 1110. The summed E-state index contributed by atoms with van der Waals surface area (Å²) < 4.78 is 5.83. The summed E-state index contributed by atoms with van der Waals surface area (Å²) in [6.45, 7) is 4.89. The van der Waals surface area contributed by atoms with Crippen LogP contribution in [0.15, 0.2) is 42.5 Å². The lowest BCUT2D eigenvalue weighted by molar-refractivity contribution is -0.133. The Balaban J connectivity index is 1.23. The third-order valence-corrected chi connectivity index (χ3v) is 7.32. The van der Waals surface area contributed by atoms with Crippen LogP contribution in [-0.2, 0) is 16.1 Å². The van der Waals surface area contributed by atoms with Crippen molar-refractivity contribution >= 4 is 17.7 Å². The number of piperazine rings is 1. The van der Waals surface area contributed by atoms with E-state index in [-0.39, 0.29) is 17.7 Å². The third-order valence-electron chi connectivity index (χ3n) is 7.32. The van der Waals surface area contributed by atoms with Crippen LogP contribution in [0.3, 0.4) is 0 Å². The van der Waals surface area contributed by atoms with Crippen molar-refractivity contribution in [2.24, 2.45) is 0 Å². The molecule has 3 amide bonds. The molecule has 1 fully saturated rings. The zero-order chi connectivity index (χ0) is 26.9. The number of amides is 3. The molecule has 2 heterocycles. The summed E-state index contributed by atoms with van der Waals surface area (Å²) in [6.07, 6.45) is 4.21. The summed E-state index contributed by atoms with van der Waals surface area (Å²) in [5, 5.41) is 8.49. The Hall–Kier alpha value is -3.43. The quantitative estimate of drug-likeness (QED) is 0.252. The molecular formula is C29H38N4O5. The van der Waals surface area contributed by atoms with Gasteiger partial charge in [-0.1, -0.05) is 37.1 Å². The smallest absolute Gasteiger partial charge is 0.254 e. The van der Waals surface area contributed by atoms with Crippen molar-refractivity contribution in [2.45, 2.75) is 45.1 Å². The van der Waals surface area contributed by atoms with Crippen LogP contribution in [0.2, 0.25) is 0 Å². The number of nitrogens with one attached hydrogen (secondary N) is 1. The second kappa shape index (κ2) is 13.4. The van der Waals surface area contributed by atoms with E-state index < -0.39 is 0 Å². The standard InChI is InChI=1S/C29H38N4O5/c1-31-15-17-32(18-16-31)28(35)13-14-33-21-24-8-7-23(20-26(24)29(33)36)22-9-11-25(12-10-22)38-19-5-3-2-4-6-27(34)30-37/h7-12,20,37H,2-6,13-19,21H2,1H3,(H,30,34). The molecule has 0 atom stereocenters. The number of hydrogen-bond acceptors (Lipinski definition) is 6. The average molecular weight is 523 g/mol. The fraction of sp³-hybridized carbons (Fsp3) is 0.483. The molecule has 0 bridgehead atoms. The second-order valence-electron chi connectivity index (χ2n) is 10.1. The highest BCUT2D eigenvalue weighted by Gasteiger charge is 2.29. The minimum absolute atomic E-state index is 0.00929. The van der Waals surface area contributed by atoms with Gasteiger partial charge >= 0.3 is 0 Å². The lowest BCUT2D eigenvalue weighted by Crippen LogP contribution is -2.47. The number of ether oxygens (including phenoxy) is 1. The molecule has 0 saturated carbocycles. The number of hydroxylamine groups is 1. The van der Waals surface area contributed by atoms with Crippen molar-refractivity contribution in [1.29, 1.82) is 0 Å². The van der Waals surface area contributed by atoms with Crippen LogP contribution in [0.25, 0.3) is 11.1 Å². The Morgan fingerprint density at radius 3 is 2.37 bits per heavy atom. The van der Waals surface area contributed by atoms with Crippen molar-refractivity contribution in [1.82, 2.24) is 20.2 Å². The van der Waals surface area contributed by atoms with Gasteiger partial charge in [0.15, 0.2) is 0 Å².